The Kier molecular flexibility index (Phi) is 6.58. The van der Waals surface area contributed by atoms with Crippen LogP contribution in [0.3, 0.4) is 0 Å². The monoisotopic (exact) mass is 262 g/mol. The average molecular weight is 262 g/mol. The van der Waals surface area contributed by atoms with Crippen molar-refractivity contribution in [3.8, 4) is 0 Å². The first kappa shape index (κ1) is 15.2. The summed E-state index contributed by atoms with van der Waals surface area (Å²) in [6.45, 7) is 2.12. The number of hydrogen-bond acceptors (Lipinski definition) is 1. The minimum absolute atomic E-state index is 0.272. The van der Waals surface area contributed by atoms with Crippen molar-refractivity contribution in [2.24, 2.45) is 0 Å². The average Bonchev–Trinajstić information content (AvgIpc) is 2.38. The highest BCUT2D eigenvalue weighted by Gasteiger charge is 1.97. The van der Waals surface area contributed by atoms with E-state index >= 15 is 0 Å². The Bertz CT molecular complexity index is 458. The first-order chi connectivity index (χ1) is 9.11. The van der Waals surface area contributed by atoms with Gasteiger partial charge >= 0.3 is 5.97 Å². The largest absolute Gasteiger partial charge is 0.478 e. The van der Waals surface area contributed by atoms with Gasteiger partial charge in [-0.05, 0) is 36.1 Å². The second kappa shape index (κ2) is 8.25. The van der Waals surface area contributed by atoms with Crippen LogP contribution in [0.1, 0.15) is 38.2 Å². The Morgan fingerprint density at radius 2 is 1.89 bits per heavy atom. The predicted molar refractivity (Wildman–Crippen MR) is 75.3 cm³/mol. The number of aliphatic carboxylic acids is 1. The number of allylic oxidation sites excluding steroid dienone is 2. The molecule has 0 aliphatic heterocycles. The summed E-state index contributed by atoms with van der Waals surface area (Å²) in [5, 5.41) is 8.67. The molecular formula is C16H19FO2. The van der Waals surface area contributed by atoms with Gasteiger partial charge < -0.3 is 5.11 Å². The second-order valence-corrected chi connectivity index (χ2v) is 4.40. The molecular weight excluding hydrogens is 243 g/mol. The number of hydrogen-bond donors (Lipinski definition) is 1. The lowest BCUT2D eigenvalue weighted by Gasteiger charge is -2.02. The standard InChI is InChI=1S/C16H19FO2/c1-2-3-4-5-13(8-11-16(18)19)12-14-6-9-15(17)10-7-14/h6-12H,2-5H2,1H3,(H,18,19)/b11-8+,13-12?. The molecule has 1 rings (SSSR count). The molecule has 1 aromatic carbocycles. The second-order valence-electron chi connectivity index (χ2n) is 4.40. The molecule has 0 saturated heterocycles. The van der Waals surface area contributed by atoms with E-state index in [-0.39, 0.29) is 5.82 Å². The molecule has 0 bridgehead atoms. The fraction of sp³-hybridized carbons (Fsp3) is 0.312. The van der Waals surface area contributed by atoms with Crippen molar-refractivity contribution >= 4 is 12.0 Å². The predicted octanol–water partition coefficient (Wildman–Crippen LogP) is 4.43. The highest BCUT2D eigenvalue weighted by molar-refractivity contribution is 5.80. The third-order valence-corrected chi connectivity index (χ3v) is 2.73. The number of carboxylic acid groups (broad SMARTS) is 1. The maximum atomic E-state index is 12.8. The topological polar surface area (TPSA) is 37.3 Å². The minimum Gasteiger partial charge on any atom is -0.478 e. The lowest BCUT2D eigenvalue weighted by molar-refractivity contribution is -0.131. The molecule has 0 amide bonds. The molecule has 0 fully saturated rings. The number of carboxylic acids is 1. The maximum Gasteiger partial charge on any atom is 0.328 e. The van der Waals surface area contributed by atoms with Gasteiger partial charge in [-0.25, -0.2) is 9.18 Å². The lowest BCUT2D eigenvalue weighted by Crippen LogP contribution is -1.88. The third-order valence-electron chi connectivity index (χ3n) is 2.73. The molecule has 0 spiro atoms. The summed E-state index contributed by atoms with van der Waals surface area (Å²) in [6.07, 6.45) is 8.73. The Labute approximate surface area is 113 Å². The summed E-state index contributed by atoms with van der Waals surface area (Å²) in [6, 6.07) is 6.17. The molecule has 0 aliphatic rings. The molecule has 0 unspecified atom stereocenters. The van der Waals surface area contributed by atoms with Gasteiger partial charge in [-0.2, -0.15) is 0 Å². The molecule has 19 heavy (non-hydrogen) atoms. The van der Waals surface area contributed by atoms with E-state index in [0.717, 1.165) is 42.9 Å². The molecule has 0 saturated carbocycles. The van der Waals surface area contributed by atoms with Crippen molar-refractivity contribution < 1.29 is 14.3 Å². The highest BCUT2D eigenvalue weighted by Crippen LogP contribution is 2.15. The number of unbranched alkanes of at least 4 members (excludes halogenated alkanes) is 2. The highest BCUT2D eigenvalue weighted by atomic mass is 19.1. The van der Waals surface area contributed by atoms with E-state index in [0.29, 0.717) is 0 Å². The molecule has 0 heterocycles. The molecule has 1 N–H and O–H groups in total. The van der Waals surface area contributed by atoms with Gasteiger partial charge in [0, 0.05) is 6.08 Å². The fourth-order valence-corrected chi connectivity index (χ4v) is 1.73. The zero-order valence-electron chi connectivity index (χ0n) is 11.1. The van der Waals surface area contributed by atoms with Gasteiger partial charge in [0.15, 0.2) is 0 Å². The van der Waals surface area contributed by atoms with Crippen LogP contribution < -0.4 is 0 Å². The van der Waals surface area contributed by atoms with Crippen LogP contribution in [0.15, 0.2) is 42.0 Å². The van der Waals surface area contributed by atoms with Crippen LogP contribution in [0, 0.1) is 5.82 Å². The van der Waals surface area contributed by atoms with E-state index in [1.54, 1.807) is 18.2 Å². The Hall–Kier alpha value is -1.90. The van der Waals surface area contributed by atoms with Gasteiger partial charge in [-0.1, -0.05) is 44.1 Å². The van der Waals surface area contributed by atoms with Crippen LogP contribution in [0.2, 0.25) is 0 Å². The summed E-state index contributed by atoms with van der Waals surface area (Å²) in [4.78, 5) is 10.6. The molecule has 102 valence electrons. The Morgan fingerprint density at radius 1 is 1.21 bits per heavy atom. The zero-order valence-corrected chi connectivity index (χ0v) is 11.1. The minimum atomic E-state index is -0.958. The Balaban J connectivity index is 2.81. The SMILES string of the molecule is CCCCCC(=Cc1ccc(F)cc1)/C=C/C(=O)O. The number of benzene rings is 1. The van der Waals surface area contributed by atoms with Crippen molar-refractivity contribution in [3.05, 3.63) is 53.4 Å². The van der Waals surface area contributed by atoms with Gasteiger partial charge in [-0.15, -0.1) is 0 Å². The van der Waals surface area contributed by atoms with Crippen LogP contribution in [0.5, 0.6) is 0 Å². The molecule has 0 aromatic heterocycles. The first-order valence-corrected chi connectivity index (χ1v) is 6.49. The molecule has 1 aromatic rings. The molecule has 0 aliphatic carbocycles. The van der Waals surface area contributed by atoms with Crippen LogP contribution in [0.4, 0.5) is 4.39 Å². The summed E-state index contributed by atoms with van der Waals surface area (Å²) in [7, 11) is 0. The number of carbonyl (C=O) groups is 1. The van der Waals surface area contributed by atoms with Crippen LogP contribution in [-0.2, 0) is 4.79 Å². The van der Waals surface area contributed by atoms with E-state index in [4.69, 9.17) is 5.11 Å². The van der Waals surface area contributed by atoms with Crippen molar-refractivity contribution in [1.29, 1.82) is 0 Å². The van der Waals surface area contributed by atoms with E-state index in [1.165, 1.54) is 12.1 Å². The summed E-state index contributed by atoms with van der Waals surface area (Å²) in [5.41, 5.74) is 1.82. The third kappa shape index (κ3) is 6.55. The fourth-order valence-electron chi connectivity index (χ4n) is 1.73. The van der Waals surface area contributed by atoms with E-state index in [2.05, 4.69) is 6.92 Å². The smallest absolute Gasteiger partial charge is 0.328 e. The lowest BCUT2D eigenvalue weighted by atomic mass is 10.0. The summed E-state index contributed by atoms with van der Waals surface area (Å²) < 4.78 is 12.8. The van der Waals surface area contributed by atoms with Gasteiger partial charge in [0.2, 0.25) is 0 Å². The van der Waals surface area contributed by atoms with E-state index in [9.17, 15) is 9.18 Å². The van der Waals surface area contributed by atoms with Crippen LogP contribution in [0.25, 0.3) is 6.08 Å². The van der Waals surface area contributed by atoms with Crippen molar-refractivity contribution in [1.82, 2.24) is 0 Å². The van der Waals surface area contributed by atoms with Crippen molar-refractivity contribution in [2.75, 3.05) is 0 Å². The van der Waals surface area contributed by atoms with Crippen LogP contribution >= 0.6 is 0 Å². The van der Waals surface area contributed by atoms with E-state index in [1.807, 2.05) is 6.08 Å². The molecule has 0 radical (unpaired) electrons. The van der Waals surface area contributed by atoms with Gasteiger partial charge in [0.05, 0.1) is 0 Å². The van der Waals surface area contributed by atoms with Crippen molar-refractivity contribution in [3.63, 3.8) is 0 Å². The quantitative estimate of drug-likeness (QED) is 0.448. The summed E-state index contributed by atoms with van der Waals surface area (Å²) >= 11 is 0. The first-order valence-electron chi connectivity index (χ1n) is 6.49. The molecule has 3 heteroatoms. The molecule has 2 nitrogen and oxygen atoms in total. The maximum absolute atomic E-state index is 12.8. The number of rotatable bonds is 7. The van der Waals surface area contributed by atoms with Gasteiger partial charge in [-0.3, -0.25) is 0 Å². The van der Waals surface area contributed by atoms with Gasteiger partial charge in [0.1, 0.15) is 5.82 Å². The summed E-state index contributed by atoms with van der Waals surface area (Å²) in [5.74, 6) is -1.23. The van der Waals surface area contributed by atoms with Gasteiger partial charge in [0.25, 0.3) is 0 Å². The number of halogens is 1. The zero-order chi connectivity index (χ0) is 14.1. The normalized spacial score (nSPS) is 12.0. The molecule has 0 atom stereocenters. The van der Waals surface area contributed by atoms with E-state index < -0.39 is 5.97 Å². The van der Waals surface area contributed by atoms with Crippen LogP contribution in [-0.4, -0.2) is 11.1 Å². The Morgan fingerprint density at radius 3 is 2.47 bits per heavy atom. The van der Waals surface area contributed by atoms with Crippen molar-refractivity contribution in [2.45, 2.75) is 32.6 Å².